The van der Waals surface area contributed by atoms with Gasteiger partial charge in [0.05, 0.1) is 28.9 Å². The topological polar surface area (TPSA) is 62.2 Å². The Balaban J connectivity index is 1.67. The standard InChI is InChI=1S/C27H24ClF2N3O3/c1-36-15-14-32(27(35)18-8-2-5-11-21(18)28)17-26(34)33-25(20-10-4-7-13-23(20)30)16-24(31-33)19-9-3-6-12-22(19)29/h2-13,25H,14-17H2,1H3/t25-/m0/s1. The van der Waals surface area contributed by atoms with E-state index in [4.69, 9.17) is 16.3 Å². The van der Waals surface area contributed by atoms with Crippen LogP contribution in [0.25, 0.3) is 0 Å². The van der Waals surface area contributed by atoms with Gasteiger partial charge < -0.3 is 9.64 Å². The molecule has 1 aliphatic rings. The molecule has 9 heteroatoms. The largest absolute Gasteiger partial charge is 0.383 e. The monoisotopic (exact) mass is 511 g/mol. The summed E-state index contributed by atoms with van der Waals surface area (Å²) in [5.41, 5.74) is 1.04. The second-order valence-corrected chi connectivity index (χ2v) is 8.61. The van der Waals surface area contributed by atoms with Gasteiger partial charge in [0.25, 0.3) is 11.8 Å². The second kappa shape index (κ2) is 11.4. The molecular formula is C27H24ClF2N3O3. The fraction of sp³-hybridized carbons (Fsp3) is 0.222. The maximum atomic E-state index is 14.8. The molecule has 0 N–H and O–H groups in total. The van der Waals surface area contributed by atoms with Crippen LogP contribution in [0.3, 0.4) is 0 Å². The zero-order chi connectivity index (χ0) is 25.7. The van der Waals surface area contributed by atoms with Crippen LogP contribution in [-0.2, 0) is 9.53 Å². The fourth-order valence-corrected chi connectivity index (χ4v) is 4.30. The van der Waals surface area contributed by atoms with E-state index < -0.39 is 29.5 Å². The second-order valence-electron chi connectivity index (χ2n) is 8.21. The van der Waals surface area contributed by atoms with Crippen molar-refractivity contribution in [3.63, 3.8) is 0 Å². The molecule has 186 valence electrons. The first-order valence-electron chi connectivity index (χ1n) is 11.3. The van der Waals surface area contributed by atoms with Gasteiger partial charge in [-0.05, 0) is 24.3 Å². The summed E-state index contributed by atoms with van der Waals surface area (Å²) < 4.78 is 34.4. The average Bonchev–Trinajstić information content (AvgIpc) is 3.32. The molecule has 0 unspecified atom stereocenters. The number of carbonyl (C=O) groups is 2. The lowest BCUT2D eigenvalue weighted by Gasteiger charge is -2.27. The van der Waals surface area contributed by atoms with E-state index in [0.29, 0.717) is 5.71 Å². The van der Waals surface area contributed by atoms with Crippen molar-refractivity contribution in [1.29, 1.82) is 0 Å². The van der Waals surface area contributed by atoms with E-state index in [9.17, 15) is 18.4 Å². The molecule has 2 amide bonds. The number of ether oxygens (including phenoxy) is 1. The molecule has 0 aliphatic carbocycles. The highest BCUT2D eigenvalue weighted by atomic mass is 35.5. The van der Waals surface area contributed by atoms with Crippen LogP contribution < -0.4 is 0 Å². The van der Waals surface area contributed by atoms with Crippen molar-refractivity contribution in [2.24, 2.45) is 5.10 Å². The Morgan fingerprint density at radius 3 is 2.39 bits per heavy atom. The molecule has 0 saturated heterocycles. The van der Waals surface area contributed by atoms with E-state index in [1.807, 2.05) is 0 Å². The third-order valence-electron chi connectivity index (χ3n) is 5.90. The highest BCUT2D eigenvalue weighted by molar-refractivity contribution is 6.33. The van der Waals surface area contributed by atoms with E-state index in [1.165, 1.54) is 24.1 Å². The van der Waals surface area contributed by atoms with Gasteiger partial charge in [-0.1, -0.05) is 60.1 Å². The first-order chi connectivity index (χ1) is 17.4. The lowest BCUT2D eigenvalue weighted by Crippen LogP contribution is -2.43. The maximum Gasteiger partial charge on any atom is 0.262 e. The van der Waals surface area contributed by atoms with Gasteiger partial charge in [-0.25, -0.2) is 13.8 Å². The number of rotatable bonds is 8. The molecule has 0 saturated carbocycles. The Hall–Kier alpha value is -3.62. The van der Waals surface area contributed by atoms with Crippen LogP contribution in [0, 0.1) is 11.6 Å². The lowest BCUT2D eigenvalue weighted by molar-refractivity contribution is -0.133. The molecule has 0 fully saturated rings. The van der Waals surface area contributed by atoms with Gasteiger partial charge in [-0.3, -0.25) is 9.59 Å². The number of hydrogen-bond acceptors (Lipinski definition) is 4. The van der Waals surface area contributed by atoms with Crippen molar-refractivity contribution in [1.82, 2.24) is 9.91 Å². The molecule has 6 nitrogen and oxygen atoms in total. The maximum absolute atomic E-state index is 14.8. The van der Waals surface area contributed by atoms with Gasteiger partial charge >= 0.3 is 0 Å². The third kappa shape index (κ3) is 5.45. The number of methoxy groups -OCH3 is 1. The predicted octanol–water partition coefficient (Wildman–Crippen LogP) is 5.08. The average molecular weight is 512 g/mol. The Bertz CT molecular complexity index is 1300. The van der Waals surface area contributed by atoms with Crippen LogP contribution in [0.4, 0.5) is 8.78 Å². The SMILES string of the molecule is COCCN(CC(=O)N1N=C(c2ccccc2F)C[C@H]1c1ccccc1F)C(=O)c1ccccc1Cl. The van der Waals surface area contributed by atoms with Crippen LogP contribution >= 0.6 is 11.6 Å². The van der Waals surface area contributed by atoms with E-state index in [-0.39, 0.29) is 47.8 Å². The van der Waals surface area contributed by atoms with E-state index in [2.05, 4.69) is 5.10 Å². The van der Waals surface area contributed by atoms with Gasteiger partial charge in [0.2, 0.25) is 0 Å². The number of benzene rings is 3. The van der Waals surface area contributed by atoms with Crippen molar-refractivity contribution in [3.8, 4) is 0 Å². The summed E-state index contributed by atoms with van der Waals surface area (Å²) >= 11 is 6.21. The van der Waals surface area contributed by atoms with Crippen LogP contribution in [0.15, 0.2) is 77.9 Å². The van der Waals surface area contributed by atoms with Gasteiger partial charge in [-0.2, -0.15) is 5.10 Å². The van der Waals surface area contributed by atoms with Crippen LogP contribution in [0.5, 0.6) is 0 Å². The summed E-state index contributed by atoms with van der Waals surface area (Å²) in [6.45, 7) is -0.0508. The molecule has 1 atom stereocenters. The van der Waals surface area contributed by atoms with Crippen LogP contribution in [0.1, 0.15) is 33.9 Å². The normalized spacial score (nSPS) is 15.1. The summed E-state index contributed by atoms with van der Waals surface area (Å²) in [6.07, 6.45) is 0.115. The zero-order valence-electron chi connectivity index (χ0n) is 19.5. The molecular weight excluding hydrogens is 488 g/mol. The molecule has 1 heterocycles. The van der Waals surface area contributed by atoms with Crippen molar-refractivity contribution in [2.75, 3.05) is 26.8 Å². The number of nitrogens with zero attached hydrogens (tertiary/aromatic N) is 3. The first kappa shape index (κ1) is 25.5. The summed E-state index contributed by atoms with van der Waals surface area (Å²) in [5, 5.41) is 5.79. The number of amides is 2. The summed E-state index contributed by atoms with van der Waals surface area (Å²) in [6, 6.07) is 17.9. The summed E-state index contributed by atoms with van der Waals surface area (Å²) in [4.78, 5) is 28.1. The summed E-state index contributed by atoms with van der Waals surface area (Å²) in [5.74, 6) is -2.00. The molecule has 1 aliphatic heterocycles. The third-order valence-corrected chi connectivity index (χ3v) is 6.23. The van der Waals surface area contributed by atoms with Crippen LogP contribution in [0.2, 0.25) is 5.02 Å². The molecule has 3 aromatic carbocycles. The number of hydrogen-bond donors (Lipinski definition) is 0. The fourth-order valence-electron chi connectivity index (χ4n) is 4.08. The Kier molecular flexibility index (Phi) is 8.07. The van der Waals surface area contributed by atoms with Gasteiger partial charge in [-0.15, -0.1) is 0 Å². The van der Waals surface area contributed by atoms with Gasteiger partial charge in [0.1, 0.15) is 18.2 Å². The van der Waals surface area contributed by atoms with Crippen LogP contribution in [-0.4, -0.2) is 54.2 Å². The quantitative estimate of drug-likeness (QED) is 0.423. The summed E-state index contributed by atoms with van der Waals surface area (Å²) in [7, 11) is 1.49. The number of carbonyl (C=O) groups excluding carboxylic acids is 2. The number of halogens is 3. The molecule has 0 bridgehead atoms. The predicted molar refractivity (Wildman–Crippen MR) is 133 cm³/mol. The van der Waals surface area contributed by atoms with Gasteiger partial charge in [0, 0.05) is 31.2 Å². The Morgan fingerprint density at radius 2 is 1.69 bits per heavy atom. The molecule has 3 aromatic rings. The van der Waals surface area contributed by atoms with Crippen molar-refractivity contribution in [2.45, 2.75) is 12.5 Å². The van der Waals surface area contributed by atoms with E-state index in [0.717, 1.165) is 5.01 Å². The zero-order valence-corrected chi connectivity index (χ0v) is 20.3. The first-order valence-corrected chi connectivity index (χ1v) is 11.7. The van der Waals surface area contributed by atoms with Crippen molar-refractivity contribution < 1.29 is 23.1 Å². The lowest BCUT2D eigenvalue weighted by atomic mass is 9.97. The molecule has 0 radical (unpaired) electrons. The molecule has 0 aromatic heterocycles. The van der Waals surface area contributed by atoms with E-state index in [1.54, 1.807) is 60.7 Å². The van der Waals surface area contributed by atoms with Crippen molar-refractivity contribution >= 4 is 29.1 Å². The molecule has 0 spiro atoms. The smallest absolute Gasteiger partial charge is 0.262 e. The Labute approximate surface area is 212 Å². The minimum Gasteiger partial charge on any atom is -0.383 e. The molecule has 4 rings (SSSR count). The van der Waals surface area contributed by atoms with E-state index >= 15 is 0 Å². The minimum absolute atomic E-state index is 0.115. The minimum atomic E-state index is -0.798. The van der Waals surface area contributed by atoms with Gasteiger partial charge in [0.15, 0.2) is 0 Å². The van der Waals surface area contributed by atoms with Crippen molar-refractivity contribution in [3.05, 3.63) is 106 Å². The molecule has 36 heavy (non-hydrogen) atoms. The highest BCUT2D eigenvalue weighted by Gasteiger charge is 2.36. The number of hydrazone groups is 1. The highest BCUT2D eigenvalue weighted by Crippen LogP contribution is 2.34. The Morgan fingerprint density at radius 1 is 1.03 bits per heavy atom.